The number of aliphatic imine (C=N–C) groups is 1. The molecule has 0 aromatic heterocycles. The van der Waals surface area contributed by atoms with E-state index in [0.717, 1.165) is 18.6 Å². The van der Waals surface area contributed by atoms with Crippen molar-refractivity contribution in [3.05, 3.63) is 29.8 Å². The number of nitrogens with one attached hydrogen (secondary N) is 1. The molecule has 1 aromatic carbocycles. The van der Waals surface area contributed by atoms with Crippen molar-refractivity contribution < 1.29 is 13.2 Å². The lowest BCUT2D eigenvalue weighted by molar-refractivity contribution is 0.0978. The lowest BCUT2D eigenvalue weighted by Crippen LogP contribution is -2.29. The summed E-state index contributed by atoms with van der Waals surface area (Å²) in [5.74, 6) is 0.533. The number of sulfonamides is 1. The second kappa shape index (κ2) is 6.39. The smallest absolute Gasteiger partial charge is 0.257 e. The highest BCUT2D eigenvalue weighted by Gasteiger charge is 2.27. The topological polar surface area (TPSA) is 78.8 Å². The van der Waals surface area contributed by atoms with Crippen LogP contribution in [-0.2, 0) is 10.0 Å². The Hall–Kier alpha value is -1.38. The van der Waals surface area contributed by atoms with Gasteiger partial charge in [0.15, 0.2) is 5.17 Å². The summed E-state index contributed by atoms with van der Waals surface area (Å²) in [5, 5.41) is 3.30. The van der Waals surface area contributed by atoms with Gasteiger partial charge in [-0.05, 0) is 31.0 Å². The van der Waals surface area contributed by atoms with E-state index in [9.17, 15) is 13.2 Å². The summed E-state index contributed by atoms with van der Waals surface area (Å²) in [5.41, 5.74) is 0.329. The zero-order chi connectivity index (χ0) is 15.6. The van der Waals surface area contributed by atoms with Crippen molar-refractivity contribution >= 4 is 32.9 Å². The Morgan fingerprint density at radius 2 is 2.05 bits per heavy atom. The van der Waals surface area contributed by atoms with Gasteiger partial charge in [-0.3, -0.25) is 9.79 Å². The molecular formula is C14H17N3O3S2. The minimum absolute atomic E-state index is 0.170. The highest BCUT2D eigenvalue weighted by atomic mass is 32.2. The van der Waals surface area contributed by atoms with Gasteiger partial charge in [-0.1, -0.05) is 17.8 Å². The first-order chi connectivity index (χ1) is 10.6. The molecule has 2 aliphatic rings. The minimum atomic E-state index is -3.50. The molecule has 2 aliphatic heterocycles. The van der Waals surface area contributed by atoms with Crippen LogP contribution in [0.25, 0.3) is 0 Å². The highest BCUT2D eigenvalue weighted by molar-refractivity contribution is 8.14. The zero-order valence-electron chi connectivity index (χ0n) is 12.0. The number of hydrogen-bond donors (Lipinski definition) is 1. The molecule has 0 atom stereocenters. The third kappa shape index (κ3) is 3.18. The fraction of sp³-hybridized carbons (Fsp3) is 0.429. The quantitative estimate of drug-likeness (QED) is 0.900. The Bertz CT molecular complexity index is 710. The van der Waals surface area contributed by atoms with Crippen LogP contribution in [0.3, 0.4) is 0 Å². The van der Waals surface area contributed by atoms with E-state index in [1.54, 1.807) is 12.1 Å². The number of rotatable bonds is 3. The van der Waals surface area contributed by atoms with Gasteiger partial charge < -0.3 is 5.32 Å². The lowest BCUT2D eigenvalue weighted by atomic mass is 10.2. The molecule has 1 aromatic rings. The molecule has 0 radical (unpaired) electrons. The molecule has 0 bridgehead atoms. The Kier molecular flexibility index (Phi) is 4.51. The van der Waals surface area contributed by atoms with E-state index in [1.165, 1.54) is 28.2 Å². The average Bonchev–Trinajstić information content (AvgIpc) is 3.21. The van der Waals surface area contributed by atoms with Crippen LogP contribution in [0.1, 0.15) is 23.2 Å². The summed E-state index contributed by atoms with van der Waals surface area (Å²) in [7, 11) is -3.50. The molecule has 1 N–H and O–H groups in total. The molecule has 3 rings (SSSR count). The fourth-order valence-electron chi connectivity index (χ4n) is 2.46. The third-order valence-electron chi connectivity index (χ3n) is 3.60. The summed E-state index contributed by atoms with van der Waals surface area (Å²) < 4.78 is 26.5. The van der Waals surface area contributed by atoms with E-state index in [2.05, 4.69) is 10.3 Å². The standard InChI is InChI=1S/C14H17N3O3S2/c18-13(16-14-15-6-9-21-14)11-4-3-5-12(10-11)22(19,20)17-7-1-2-8-17/h3-5,10H,1-2,6-9H2,(H,15,16,18). The van der Waals surface area contributed by atoms with Crippen molar-refractivity contribution in [2.45, 2.75) is 17.7 Å². The maximum atomic E-state index is 12.5. The van der Waals surface area contributed by atoms with E-state index in [-0.39, 0.29) is 10.8 Å². The summed E-state index contributed by atoms with van der Waals surface area (Å²) in [6.07, 6.45) is 1.77. The second-order valence-electron chi connectivity index (χ2n) is 5.13. The summed E-state index contributed by atoms with van der Waals surface area (Å²) >= 11 is 1.49. The first kappa shape index (κ1) is 15.5. The van der Waals surface area contributed by atoms with Gasteiger partial charge >= 0.3 is 0 Å². The number of carbonyl (C=O) groups is 1. The van der Waals surface area contributed by atoms with Gasteiger partial charge in [0.25, 0.3) is 5.91 Å². The van der Waals surface area contributed by atoms with Crippen LogP contribution in [0.2, 0.25) is 0 Å². The molecule has 1 amide bonds. The maximum Gasteiger partial charge on any atom is 0.257 e. The predicted octanol–water partition coefficient (Wildman–Crippen LogP) is 1.30. The number of amides is 1. The Morgan fingerprint density at radius 1 is 1.27 bits per heavy atom. The van der Waals surface area contributed by atoms with Gasteiger partial charge in [0, 0.05) is 24.4 Å². The van der Waals surface area contributed by atoms with Crippen molar-refractivity contribution in [2.75, 3.05) is 25.4 Å². The Morgan fingerprint density at radius 3 is 2.73 bits per heavy atom. The second-order valence-corrected chi connectivity index (χ2v) is 8.15. The fourth-order valence-corrected chi connectivity index (χ4v) is 4.74. The Balaban J connectivity index is 1.81. The zero-order valence-corrected chi connectivity index (χ0v) is 13.6. The number of thioether (sulfide) groups is 1. The van der Waals surface area contributed by atoms with Gasteiger partial charge in [-0.2, -0.15) is 4.31 Å². The number of benzene rings is 1. The number of nitrogens with zero attached hydrogens (tertiary/aromatic N) is 2. The molecule has 6 nitrogen and oxygen atoms in total. The molecule has 0 unspecified atom stereocenters. The van der Waals surface area contributed by atoms with Gasteiger partial charge in [0.05, 0.1) is 11.4 Å². The van der Waals surface area contributed by atoms with Gasteiger partial charge in [0.1, 0.15) is 0 Å². The van der Waals surface area contributed by atoms with Gasteiger partial charge in [-0.25, -0.2) is 8.42 Å². The van der Waals surface area contributed by atoms with E-state index in [4.69, 9.17) is 0 Å². The summed E-state index contributed by atoms with van der Waals surface area (Å²) in [4.78, 5) is 16.5. The molecule has 2 heterocycles. The van der Waals surface area contributed by atoms with Crippen LogP contribution in [0, 0.1) is 0 Å². The monoisotopic (exact) mass is 339 g/mol. The minimum Gasteiger partial charge on any atom is -0.301 e. The largest absolute Gasteiger partial charge is 0.301 e. The number of carbonyl (C=O) groups excluding carboxylic acids is 1. The molecule has 0 aliphatic carbocycles. The molecule has 1 saturated heterocycles. The SMILES string of the molecule is O=C(NC1=NCCS1)c1cccc(S(=O)(=O)N2CCCC2)c1. The van der Waals surface area contributed by atoms with Crippen molar-refractivity contribution in [1.82, 2.24) is 9.62 Å². The lowest BCUT2D eigenvalue weighted by Gasteiger charge is -2.16. The molecule has 8 heteroatoms. The van der Waals surface area contributed by atoms with Crippen molar-refractivity contribution in [2.24, 2.45) is 4.99 Å². The van der Waals surface area contributed by atoms with E-state index < -0.39 is 10.0 Å². The van der Waals surface area contributed by atoms with Crippen LogP contribution in [0.15, 0.2) is 34.2 Å². The normalized spacial score (nSPS) is 19.2. The molecular weight excluding hydrogens is 322 g/mol. The average molecular weight is 339 g/mol. The van der Waals surface area contributed by atoms with Crippen LogP contribution >= 0.6 is 11.8 Å². The van der Waals surface area contributed by atoms with Crippen molar-refractivity contribution in [3.63, 3.8) is 0 Å². The van der Waals surface area contributed by atoms with Crippen molar-refractivity contribution in [1.29, 1.82) is 0 Å². The van der Waals surface area contributed by atoms with E-state index in [0.29, 0.717) is 30.4 Å². The molecule has 0 saturated carbocycles. The summed E-state index contributed by atoms with van der Waals surface area (Å²) in [6, 6.07) is 6.18. The first-order valence-electron chi connectivity index (χ1n) is 7.16. The Labute approximate surface area is 134 Å². The third-order valence-corrected chi connectivity index (χ3v) is 6.39. The summed E-state index contributed by atoms with van der Waals surface area (Å²) in [6.45, 7) is 1.79. The number of hydrogen-bond acceptors (Lipinski definition) is 5. The van der Waals surface area contributed by atoms with Crippen LogP contribution in [0.4, 0.5) is 0 Å². The van der Waals surface area contributed by atoms with Crippen LogP contribution in [0.5, 0.6) is 0 Å². The molecule has 118 valence electrons. The molecule has 0 spiro atoms. The van der Waals surface area contributed by atoms with Crippen molar-refractivity contribution in [3.8, 4) is 0 Å². The predicted molar refractivity (Wildman–Crippen MR) is 86.7 cm³/mol. The van der Waals surface area contributed by atoms with Crippen LogP contribution < -0.4 is 5.32 Å². The van der Waals surface area contributed by atoms with Gasteiger partial charge in [0.2, 0.25) is 10.0 Å². The van der Waals surface area contributed by atoms with E-state index in [1.807, 2.05) is 0 Å². The van der Waals surface area contributed by atoms with E-state index >= 15 is 0 Å². The first-order valence-corrected chi connectivity index (χ1v) is 9.59. The molecule has 1 fully saturated rings. The maximum absolute atomic E-state index is 12.5. The van der Waals surface area contributed by atoms with Crippen LogP contribution in [-0.4, -0.2) is 49.2 Å². The van der Waals surface area contributed by atoms with Gasteiger partial charge in [-0.15, -0.1) is 0 Å². The highest BCUT2D eigenvalue weighted by Crippen LogP contribution is 2.21. The number of amidine groups is 1. The molecule has 22 heavy (non-hydrogen) atoms.